The number of rotatable bonds is 8. The number of carboxylic acids is 1. The van der Waals surface area contributed by atoms with Crippen molar-refractivity contribution < 1.29 is 28.6 Å². The van der Waals surface area contributed by atoms with Crippen LogP contribution in [0, 0.1) is 0 Å². The number of hydrogen-bond donors (Lipinski definition) is 2. The lowest BCUT2D eigenvalue weighted by atomic mass is 9.85. The first kappa shape index (κ1) is 27.8. The van der Waals surface area contributed by atoms with Crippen LogP contribution < -0.4 is 10.1 Å². The molecule has 1 saturated carbocycles. The summed E-state index contributed by atoms with van der Waals surface area (Å²) in [4.78, 5) is 46.4. The molecule has 10 nitrogen and oxygen atoms in total. The number of carbonyl (C=O) groups excluding carboxylic acids is 2. The average molecular weight is 570 g/mol. The van der Waals surface area contributed by atoms with Crippen molar-refractivity contribution in [3.8, 4) is 5.75 Å². The molecule has 1 aromatic carbocycles. The van der Waals surface area contributed by atoms with Crippen molar-refractivity contribution in [3.63, 3.8) is 0 Å². The van der Waals surface area contributed by atoms with Gasteiger partial charge in [0.05, 0.1) is 13.7 Å². The van der Waals surface area contributed by atoms with E-state index < -0.39 is 41.5 Å². The van der Waals surface area contributed by atoms with Crippen molar-refractivity contribution >= 4 is 29.1 Å². The quantitative estimate of drug-likeness (QED) is 0.423. The van der Waals surface area contributed by atoms with Gasteiger partial charge in [-0.05, 0) is 42.0 Å². The number of methoxy groups -OCH3 is 1. The van der Waals surface area contributed by atoms with Crippen molar-refractivity contribution in [1.29, 1.82) is 0 Å². The number of alkyl halides is 1. The predicted octanol–water partition coefficient (Wildman–Crippen LogP) is 3.74. The number of carbonyl (C=O) groups is 3. The van der Waals surface area contributed by atoms with Crippen molar-refractivity contribution in [3.05, 3.63) is 64.4 Å². The summed E-state index contributed by atoms with van der Waals surface area (Å²) in [5.41, 5.74) is -4.29. The summed E-state index contributed by atoms with van der Waals surface area (Å²) in [5, 5.41) is 19.3. The summed E-state index contributed by atoms with van der Waals surface area (Å²) in [6, 6.07) is 4.70. The lowest BCUT2D eigenvalue weighted by Gasteiger charge is -2.37. The van der Waals surface area contributed by atoms with Gasteiger partial charge in [0.2, 0.25) is 5.67 Å². The highest BCUT2D eigenvalue weighted by Gasteiger charge is 2.70. The number of aliphatic carboxylic acids is 1. The van der Waals surface area contributed by atoms with Gasteiger partial charge in [-0.15, -0.1) is 11.3 Å². The molecule has 2 fully saturated rings. The summed E-state index contributed by atoms with van der Waals surface area (Å²) in [6.45, 7) is 5.63. The van der Waals surface area contributed by atoms with Gasteiger partial charge in [-0.2, -0.15) is 5.10 Å². The second-order valence-corrected chi connectivity index (χ2v) is 12.4. The Morgan fingerprint density at radius 1 is 1.25 bits per heavy atom. The number of halogens is 1. The second-order valence-electron chi connectivity index (χ2n) is 11.4. The lowest BCUT2D eigenvalue weighted by molar-refractivity contribution is -0.150. The summed E-state index contributed by atoms with van der Waals surface area (Å²) < 4.78 is 24.3. The summed E-state index contributed by atoms with van der Waals surface area (Å²) in [5.74, 6) is -2.71. The number of carboxylic acid groups (broad SMARTS) is 1. The molecule has 40 heavy (non-hydrogen) atoms. The van der Waals surface area contributed by atoms with Gasteiger partial charge in [0.1, 0.15) is 16.8 Å². The van der Waals surface area contributed by atoms with Crippen LogP contribution >= 0.6 is 11.3 Å². The molecule has 3 atom stereocenters. The average Bonchev–Trinajstić information content (AvgIpc) is 3.26. The summed E-state index contributed by atoms with van der Waals surface area (Å²) >= 11 is 1.06. The molecule has 1 aliphatic carbocycles. The minimum absolute atomic E-state index is 0.101. The molecule has 12 heteroatoms. The Hall–Kier alpha value is -3.80. The molecule has 1 saturated heterocycles. The molecule has 3 heterocycles. The molecule has 2 amide bonds. The van der Waals surface area contributed by atoms with E-state index >= 15 is 4.39 Å². The number of ether oxygens (including phenoxy) is 1. The Bertz CT molecular complexity index is 1420. The number of hydrogen-bond acceptors (Lipinski definition) is 7. The van der Waals surface area contributed by atoms with Gasteiger partial charge in [0.15, 0.2) is 5.54 Å². The minimum atomic E-state index is -2.77. The van der Waals surface area contributed by atoms with E-state index in [1.165, 1.54) is 36.4 Å². The van der Waals surface area contributed by atoms with Crippen molar-refractivity contribution in [2.75, 3.05) is 7.11 Å². The number of nitrogens with zero attached hydrogens (tertiary/aromatic N) is 4. The van der Waals surface area contributed by atoms with Crippen molar-refractivity contribution in [2.45, 2.75) is 75.3 Å². The van der Waals surface area contributed by atoms with Gasteiger partial charge in [0.25, 0.3) is 11.8 Å². The molecule has 2 aliphatic rings. The van der Waals surface area contributed by atoms with E-state index in [4.69, 9.17) is 4.74 Å². The number of benzene rings is 1. The fourth-order valence-electron chi connectivity index (χ4n) is 5.41. The van der Waals surface area contributed by atoms with Crippen molar-refractivity contribution in [1.82, 2.24) is 25.0 Å². The first-order chi connectivity index (χ1) is 18.9. The zero-order valence-corrected chi connectivity index (χ0v) is 23.6. The van der Waals surface area contributed by atoms with Crippen molar-refractivity contribution in [2.24, 2.45) is 0 Å². The Labute approximate surface area is 235 Å². The molecular formula is C28H32FN5O5S. The first-order valence-electron chi connectivity index (χ1n) is 13.0. The van der Waals surface area contributed by atoms with E-state index in [1.54, 1.807) is 23.6 Å². The van der Waals surface area contributed by atoms with Crippen LogP contribution in [0.4, 0.5) is 4.39 Å². The zero-order chi connectivity index (χ0) is 28.9. The Balaban J connectivity index is 1.70. The van der Waals surface area contributed by atoms with Gasteiger partial charge >= 0.3 is 5.97 Å². The van der Waals surface area contributed by atoms with Crippen LogP contribution in [0.1, 0.15) is 67.0 Å². The van der Waals surface area contributed by atoms with E-state index in [2.05, 4.69) is 15.4 Å². The highest BCUT2D eigenvalue weighted by Crippen LogP contribution is 2.54. The number of thiazole rings is 1. The maximum absolute atomic E-state index is 17.3. The van der Waals surface area contributed by atoms with E-state index in [-0.39, 0.29) is 28.6 Å². The van der Waals surface area contributed by atoms with Crippen LogP contribution in [0.15, 0.2) is 48.2 Å². The monoisotopic (exact) mass is 569 g/mol. The van der Waals surface area contributed by atoms with Gasteiger partial charge < -0.3 is 20.1 Å². The van der Waals surface area contributed by atoms with Crippen LogP contribution in [0.5, 0.6) is 5.75 Å². The highest BCUT2D eigenvalue weighted by molar-refractivity contribution is 7.09. The maximum atomic E-state index is 17.3. The lowest BCUT2D eigenvalue weighted by Crippen LogP contribution is -2.56. The van der Waals surface area contributed by atoms with Gasteiger partial charge in [-0.1, -0.05) is 26.8 Å². The molecule has 5 rings (SSSR count). The molecule has 212 valence electrons. The molecule has 1 aliphatic heterocycles. The van der Waals surface area contributed by atoms with Crippen LogP contribution in [-0.2, 0) is 21.5 Å². The third kappa shape index (κ3) is 4.74. The van der Waals surface area contributed by atoms with Gasteiger partial charge in [-0.25, -0.2) is 14.2 Å². The maximum Gasteiger partial charge on any atom is 0.331 e. The fourth-order valence-corrected chi connectivity index (χ4v) is 6.21. The summed E-state index contributed by atoms with van der Waals surface area (Å²) in [6.07, 6.45) is 5.09. The number of nitrogens with one attached hydrogen (secondary N) is 1. The normalized spacial score (nSPS) is 24.6. The summed E-state index contributed by atoms with van der Waals surface area (Å²) in [7, 11) is 1.49. The third-order valence-corrected chi connectivity index (χ3v) is 8.36. The van der Waals surface area contributed by atoms with Gasteiger partial charge in [-0.3, -0.25) is 14.3 Å². The standard InChI is InChI=1S/C28H32FN5O5S/c1-26(2,3)19-9-6-17(14-20(19)39-4)23(35)34-21(22-30-11-13-40-22)28(29,24(36)32-18-7-8-18)15-27(34,25(37)38)16-33-12-5-10-31-33/h5-6,9-14,18,21H,7-8,15-16H2,1-4H3,(H,32,36)(H,37,38). The Kier molecular flexibility index (Phi) is 6.93. The number of aromatic nitrogens is 3. The van der Waals surface area contributed by atoms with E-state index in [9.17, 15) is 19.5 Å². The highest BCUT2D eigenvalue weighted by atomic mass is 32.1. The van der Waals surface area contributed by atoms with Gasteiger partial charge in [0, 0.05) is 42.0 Å². The third-order valence-electron chi connectivity index (χ3n) is 7.53. The first-order valence-corrected chi connectivity index (χ1v) is 13.9. The Morgan fingerprint density at radius 3 is 2.55 bits per heavy atom. The van der Waals surface area contributed by atoms with E-state index in [0.717, 1.165) is 21.8 Å². The smallest absolute Gasteiger partial charge is 0.331 e. The van der Waals surface area contributed by atoms with Crippen LogP contribution in [0.2, 0.25) is 0 Å². The Morgan fingerprint density at radius 2 is 2.00 bits per heavy atom. The SMILES string of the molecule is COc1cc(C(=O)N2C(c3nccs3)C(F)(C(=O)NC3CC3)CC2(Cn2cccn2)C(=O)O)ccc1C(C)(C)C. The number of amides is 2. The molecule has 2 aromatic heterocycles. The van der Waals surface area contributed by atoms with Crippen LogP contribution in [0.25, 0.3) is 0 Å². The molecule has 0 radical (unpaired) electrons. The molecule has 3 unspecified atom stereocenters. The molecule has 2 N–H and O–H groups in total. The van der Waals surface area contributed by atoms with Crippen LogP contribution in [-0.4, -0.2) is 66.9 Å². The van der Waals surface area contributed by atoms with E-state index in [1.807, 2.05) is 20.8 Å². The molecule has 3 aromatic rings. The fraction of sp³-hybridized carbons (Fsp3) is 0.464. The van der Waals surface area contributed by atoms with E-state index in [0.29, 0.717) is 18.6 Å². The molecule has 0 spiro atoms. The second kappa shape index (κ2) is 9.99. The topological polar surface area (TPSA) is 127 Å². The zero-order valence-electron chi connectivity index (χ0n) is 22.8. The van der Waals surface area contributed by atoms with Crippen LogP contribution in [0.3, 0.4) is 0 Å². The molecular weight excluding hydrogens is 537 g/mol. The number of likely N-dealkylation sites (tertiary alicyclic amines) is 1. The predicted molar refractivity (Wildman–Crippen MR) is 145 cm³/mol. The minimum Gasteiger partial charge on any atom is -0.496 e. The molecule has 0 bridgehead atoms. The largest absolute Gasteiger partial charge is 0.496 e.